The van der Waals surface area contributed by atoms with Crippen molar-refractivity contribution in [2.45, 2.75) is 26.8 Å². The molecule has 0 aliphatic heterocycles. The number of benzene rings is 1. The molecule has 128 valence electrons. The Hall–Kier alpha value is -3.29. The molecule has 0 radical (unpaired) electrons. The number of hydrogen-bond acceptors (Lipinski definition) is 6. The Morgan fingerprint density at radius 3 is 2.36 bits per heavy atom. The predicted molar refractivity (Wildman–Crippen MR) is 94.9 cm³/mol. The lowest BCUT2D eigenvalue weighted by Crippen LogP contribution is -2.14. The van der Waals surface area contributed by atoms with Crippen LogP contribution in [0.3, 0.4) is 0 Å². The average Bonchev–Trinajstić information content (AvgIpc) is 2.97. The van der Waals surface area contributed by atoms with Crippen LogP contribution in [-0.4, -0.2) is 30.6 Å². The van der Waals surface area contributed by atoms with Gasteiger partial charge in [-0.2, -0.15) is 4.98 Å². The zero-order chi connectivity index (χ0) is 17.8. The van der Waals surface area contributed by atoms with Gasteiger partial charge in [-0.3, -0.25) is 10.1 Å². The fraction of sp³-hybridized carbons (Fsp3) is 0.235. The van der Waals surface area contributed by atoms with Crippen LogP contribution in [0.2, 0.25) is 0 Å². The number of amides is 1. The molecule has 0 fully saturated rings. The number of aromatic nitrogens is 5. The Morgan fingerprint density at radius 2 is 1.76 bits per heavy atom. The van der Waals surface area contributed by atoms with Crippen LogP contribution in [0.25, 0.3) is 0 Å². The van der Waals surface area contributed by atoms with Crippen molar-refractivity contribution in [3.63, 3.8) is 0 Å². The van der Waals surface area contributed by atoms with Gasteiger partial charge in [-0.05, 0) is 32.9 Å². The number of nitrogens with zero attached hydrogens (tertiary/aromatic N) is 5. The summed E-state index contributed by atoms with van der Waals surface area (Å²) in [6, 6.07) is 9.73. The molecule has 0 saturated heterocycles. The second-order valence-corrected chi connectivity index (χ2v) is 5.76. The van der Waals surface area contributed by atoms with Crippen molar-refractivity contribution < 1.29 is 4.79 Å². The van der Waals surface area contributed by atoms with Gasteiger partial charge >= 0.3 is 0 Å². The van der Waals surface area contributed by atoms with Crippen molar-refractivity contribution in [2.24, 2.45) is 0 Å². The smallest absolute Gasteiger partial charge is 0.261 e. The van der Waals surface area contributed by atoms with Gasteiger partial charge in [0.2, 0.25) is 11.9 Å². The molecule has 0 saturated carbocycles. The van der Waals surface area contributed by atoms with Crippen molar-refractivity contribution in [2.75, 3.05) is 10.6 Å². The Bertz CT molecular complexity index is 856. The lowest BCUT2D eigenvalue weighted by atomic mass is 10.3. The Labute approximate surface area is 145 Å². The maximum atomic E-state index is 12.3. The van der Waals surface area contributed by atoms with Crippen LogP contribution < -0.4 is 10.6 Å². The fourth-order valence-corrected chi connectivity index (χ4v) is 2.28. The quantitative estimate of drug-likeness (QED) is 0.743. The van der Waals surface area contributed by atoms with E-state index in [2.05, 4.69) is 30.7 Å². The van der Waals surface area contributed by atoms with Gasteiger partial charge in [0.15, 0.2) is 0 Å². The largest absolute Gasteiger partial charge is 0.324 e. The zero-order valence-electron chi connectivity index (χ0n) is 14.3. The summed E-state index contributed by atoms with van der Waals surface area (Å²) in [5, 5.41) is 9.99. The van der Waals surface area contributed by atoms with E-state index in [1.165, 1.54) is 12.4 Å². The molecule has 0 unspecified atom stereocenters. The summed E-state index contributed by atoms with van der Waals surface area (Å²) >= 11 is 0. The van der Waals surface area contributed by atoms with Crippen molar-refractivity contribution in [3.8, 4) is 0 Å². The molecule has 0 bridgehead atoms. The minimum absolute atomic E-state index is 0.171. The molecule has 8 nitrogen and oxygen atoms in total. The van der Waals surface area contributed by atoms with Crippen LogP contribution >= 0.6 is 0 Å². The van der Waals surface area contributed by atoms with E-state index < -0.39 is 0 Å². The summed E-state index contributed by atoms with van der Waals surface area (Å²) in [4.78, 5) is 24.8. The first-order valence-electron chi connectivity index (χ1n) is 7.91. The summed E-state index contributed by atoms with van der Waals surface area (Å²) < 4.78 is 1.75. The Balaban J connectivity index is 1.67. The van der Waals surface area contributed by atoms with Crippen LogP contribution in [0.4, 0.5) is 17.6 Å². The summed E-state index contributed by atoms with van der Waals surface area (Å²) in [5.74, 6) is 1.07. The van der Waals surface area contributed by atoms with Gasteiger partial charge in [-0.15, -0.1) is 5.10 Å². The third kappa shape index (κ3) is 3.97. The zero-order valence-corrected chi connectivity index (χ0v) is 14.3. The molecule has 1 amide bonds. The number of rotatable bonds is 5. The van der Waals surface area contributed by atoms with Crippen LogP contribution in [0.1, 0.15) is 36.1 Å². The van der Waals surface area contributed by atoms with E-state index in [0.717, 1.165) is 11.5 Å². The first kappa shape index (κ1) is 16.6. The maximum absolute atomic E-state index is 12.3. The van der Waals surface area contributed by atoms with Gasteiger partial charge < -0.3 is 5.32 Å². The summed E-state index contributed by atoms with van der Waals surface area (Å²) in [7, 11) is 0. The number of para-hydroxylation sites is 1. The SMILES string of the molecule is Cc1nc(NC(=O)c2cnc(Nc3ccccc3)nc2)nn1C(C)C. The highest BCUT2D eigenvalue weighted by atomic mass is 16.1. The van der Waals surface area contributed by atoms with Gasteiger partial charge in [-0.25, -0.2) is 14.6 Å². The molecule has 8 heteroatoms. The second-order valence-electron chi connectivity index (χ2n) is 5.76. The fourth-order valence-electron chi connectivity index (χ4n) is 2.28. The van der Waals surface area contributed by atoms with E-state index in [4.69, 9.17) is 0 Å². The molecule has 2 N–H and O–H groups in total. The molecule has 2 heterocycles. The third-order valence-electron chi connectivity index (χ3n) is 3.46. The van der Waals surface area contributed by atoms with Crippen molar-refractivity contribution in [1.29, 1.82) is 0 Å². The number of nitrogens with one attached hydrogen (secondary N) is 2. The highest BCUT2D eigenvalue weighted by Crippen LogP contribution is 2.13. The van der Waals surface area contributed by atoms with Gasteiger partial charge in [0.1, 0.15) is 5.82 Å². The van der Waals surface area contributed by atoms with Gasteiger partial charge in [0, 0.05) is 24.1 Å². The Kier molecular flexibility index (Phi) is 4.69. The van der Waals surface area contributed by atoms with Crippen molar-refractivity contribution in [1.82, 2.24) is 24.7 Å². The molecule has 3 rings (SSSR count). The lowest BCUT2D eigenvalue weighted by molar-refractivity contribution is 0.102. The van der Waals surface area contributed by atoms with Gasteiger partial charge in [0.05, 0.1) is 5.56 Å². The van der Waals surface area contributed by atoms with Crippen LogP contribution in [0, 0.1) is 6.92 Å². The minimum atomic E-state index is -0.354. The highest BCUT2D eigenvalue weighted by molar-refractivity contribution is 6.02. The summed E-state index contributed by atoms with van der Waals surface area (Å²) in [6.45, 7) is 5.84. The van der Waals surface area contributed by atoms with Crippen LogP contribution in [-0.2, 0) is 0 Å². The van der Waals surface area contributed by atoms with E-state index in [1.54, 1.807) is 4.68 Å². The average molecular weight is 337 g/mol. The van der Waals surface area contributed by atoms with E-state index >= 15 is 0 Å². The second kappa shape index (κ2) is 7.08. The molecule has 1 aromatic carbocycles. The van der Waals surface area contributed by atoms with Crippen LogP contribution in [0.15, 0.2) is 42.7 Å². The molecule has 0 aliphatic carbocycles. The lowest BCUT2D eigenvalue weighted by Gasteiger charge is -2.06. The van der Waals surface area contributed by atoms with E-state index in [9.17, 15) is 4.79 Å². The van der Waals surface area contributed by atoms with Crippen molar-refractivity contribution in [3.05, 3.63) is 54.1 Å². The molecule has 0 aliphatic rings. The molecule has 2 aromatic heterocycles. The number of anilines is 3. The number of carbonyl (C=O) groups is 1. The van der Waals surface area contributed by atoms with Crippen LogP contribution in [0.5, 0.6) is 0 Å². The Morgan fingerprint density at radius 1 is 1.08 bits per heavy atom. The standard InChI is InChI=1S/C17H19N7O/c1-11(2)24-12(3)20-17(23-24)22-15(25)13-9-18-16(19-10-13)21-14-7-5-4-6-8-14/h4-11H,1-3H3,(H,18,19,21)(H,22,23,25). The molecule has 0 atom stereocenters. The summed E-state index contributed by atoms with van der Waals surface area (Å²) in [5.41, 5.74) is 1.20. The maximum Gasteiger partial charge on any atom is 0.261 e. The topological polar surface area (TPSA) is 97.6 Å². The predicted octanol–water partition coefficient (Wildman–Crippen LogP) is 2.95. The molecule has 25 heavy (non-hydrogen) atoms. The molecule has 0 spiro atoms. The first-order chi connectivity index (χ1) is 12.0. The van der Waals surface area contributed by atoms with E-state index in [-0.39, 0.29) is 17.9 Å². The minimum Gasteiger partial charge on any atom is -0.324 e. The van der Waals surface area contributed by atoms with E-state index in [1.807, 2.05) is 51.1 Å². The van der Waals surface area contributed by atoms with Crippen molar-refractivity contribution >= 4 is 23.5 Å². The van der Waals surface area contributed by atoms with Gasteiger partial charge in [0.25, 0.3) is 5.91 Å². The monoisotopic (exact) mass is 337 g/mol. The normalized spacial score (nSPS) is 10.7. The van der Waals surface area contributed by atoms with E-state index in [0.29, 0.717) is 11.5 Å². The van der Waals surface area contributed by atoms with Gasteiger partial charge in [-0.1, -0.05) is 18.2 Å². The number of carbonyl (C=O) groups excluding carboxylic acids is 1. The molecule has 3 aromatic rings. The molecular formula is C17H19N7O. The number of aryl methyl sites for hydroxylation is 1. The third-order valence-corrected chi connectivity index (χ3v) is 3.46. The summed E-state index contributed by atoms with van der Waals surface area (Å²) in [6.07, 6.45) is 2.92. The first-order valence-corrected chi connectivity index (χ1v) is 7.91. The molecular weight excluding hydrogens is 318 g/mol. The highest BCUT2D eigenvalue weighted by Gasteiger charge is 2.13. The number of hydrogen-bond donors (Lipinski definition) is 2.